The third-order valence-corrected chi connectivity index (χ3v) is 3.94. The molecule has 0 saturated carbocycles. The van der Waals surface area contributed by atoms with E-state index in [1.54, 1.807) is 0 Å². The Morgan fingerprint density at radius 3 is 2.94 bits per heavy atom. The van der Waals surface area contributed by atoms with E-state index >= 15 is 0 Å². The highest BCUT2D eigenvalue weighted by Crippen LogP contribution is 2.22. The summed E-state index contributed by atoms with van der Waals surface area (Å²) in [5.41, 5.74) is 0. The van der Waals surface area contributed by atoms with E-state index in [-0.39, 0.29) is 11.9 Å². The van der Waals surface area contributed by atoms with Crippen molar-refractivity contribution in [2.45, 2.75) is 50.7 Å². The first-order valence-electron chi connectivity index (χ1n) is 6.28. The second-order valence-corrected chi connectivity index (χ2v) is 5.02. The largest absolute Gasteiger partial charge is 0.378 e. The van der Waals surface area contributed by atoms with Crippen molar-refractivity contribution in [1.82, 2.24) is 4.90 Å². The molecule has 0 radical (unpaired) electrons. The van der Waals surface area contributed by atoms with Crippen LogP contribution in [0.3, 0.4) is 0 Å². The molecule has 92 valence electrons. The van der Waals surface area contributed by atoms with Crippen LogP contribution >= 0.6 is 11.6 Å². The molecule has 0 bridgehead atoms. The average molecular weight is 246 g/mol. The molecule has 3 nitrogen and oxygen atoms in total. The van der Waals surface area contributed by atoms with Crippen molar-refractivity contribution in [2.75, 3.05) is 19.0 Å². The number of amides is 1. The van der Waals surface area contributed by atoms with Gasteiger partial charge in [0.15, 0.2) is 0 Å². The lowest BCUT2D eigenvalue weighted by Crippen LogP contribution is -2.36. The summed E-state index contributed by atoms with van der Waals surface area (Å²) in [6.07, 6.45) is 6.25. The number of ether oxygens (including phenoxy) is 1. The van der Waals surface area contributed by atoms with Gasteiger partial charge < -0.3 is 9.64 Å². The fraction of sp³-hybridized carbons (Fsp3) is 0.917. The fourth-order valence-electron chi connectivity index (χ4n) is 2.62. The molecule has 0 spiro atoms. The van der Waals surface area contributed by atoms with Crippen LogP contribution in [0.2, 0.25) is 0 Å². The van der Waals surface area contributed by atoms with Crippen molar-refractivity contribution in [3.8, 4) is 0 Å². The van der Waals surface area contributed by atoms with Crippen LogP contribution in [0.4, 0.5) is 0 Å². The zero-order valence-corrected chi connectivity index (χ0v) is 10.4. The second-order valence-electron chi connectivity index (χ2n) is 4.71. The Morgan fingerprint density at radius 1 is 1.38 bits per heavy atom. The third-order valence-electron chi connectivity index (χ3n) is 3.58. The van der Waals surface area contributed by atoms with Crippen LogP contribution in [-0.2, 0) is 9.53 Å². The lowest BCUT2D eigenvalue weighted by atomic mass is 10.1. The summed E-state index contributed by atoms with van der Waals surface area (Å²) in [5, 5.41) is 0. The summed E-state index contributed by atoms with van der Waals surface area (Å²) in [7, 11) is 0. The molecule has 0 aromatic rings. The normalized spacial score (nSPS) is 29.9. The van der Waals surface area contributed by atoms with E-state index in [2.05, 4.69) is 0 Å². The lowest BCUT2D eigenvalue weighted by molar-refractivity contribution is -0.132. The van der Waals surface area contributed by atoms with E-state index in [4.69, 9.17) is 16.3 Å². The van der Waals surface area contributed by atoms with Gasteiger partial charge in [-0.1, -0.05) is 0 Å². The van der Waals surface area contributed by atoms with Gasteiger partial charge in [0.05, 0.1) is 6.10 Å². The molecular weight excluding hydrogens is 226 g/mol. The summed E-state index contributed by atoms with van der Waals surface area (Å²) < 4.78 is 5.52. The van der Waals surface area contributed by atoms with Crippen LogP contribution in [0.15, 0.2) is 0 Å². The summed E-state index contributed by atoms with van der Waals surface area (Å²) in [4.78, 5) is 13.9. The van der Waals surface area contributed by atoms with Crippen LogP contribution in [0.5, 0.6) is 0 Å². The number of rotatable bonds is 4. The molecule has 0 aromatic heterocycles. The number of alkyl halides is 1. The summed E-state index contributed by atoms with van der Waals surface area (Å²) >= 11 is 5.86. The van der Waals surface area contributed by atoms with Crippen LogP contribution in [0.1, 0.15) is 38.5 Å². The number of hydrogen-bond donors (Lipinski definition) is 0. The monoisotopic (exact) mass is 245 g/mol. The molecule has 2 rings (SSSR count). The van der Waals surface area contributed by atoms with E-state index in [1.165, 1.54) is 0 Å². The Hall–Kier alpha value is -0.280. The SMILES string of the molecule is O=C(CCC1CCCO1)N1CCCC1CCl. The quantitative estimate of drug-likeness (QED) is 0.711. The molecule has 16 heavy (non-hydrogen) atoms. The molecule has 2 fully saturated rings. The van der Waals surface area contributed by atoms with Gasteiger partial charge in [0, 0.05) is 31.5 Å². The molecule has 4 heteroatoms. The number of halogens is 1. The van der Waals surface area contributed by atoms with E-state index in [1.807, 2.05) is 4.90 Å². The Balaban J connectivity index is 1.74. The molecule has 2 heterocycles. The number of likely N-dealkylation sites (tertiary alicyclic amines) is 1. The molecule has 0 aromatic carbocycles. The highest BCUT2D eigenvalue weighted by Gasteiger charge is 2.28. The van der Waals surface area contributed by atoms with Crippen molar-refractivity contribution in [3.63, 3.8) is 0 Å². The molecule has 2 atom stereocenters. The standard InChI is InChI=1S/C12H20ClNO2/c13-9-10-3-1-7-14(10)12(15)6-5-11-4-2-8-16-11/h10-11H,1-9H2. The van der Waals surface area contributed by atoms with Crippen LogP contribution in [0, 0.1) is 0 Å². The minimum absolute atomic E-state index is 0.263. The maximum absolute atomic E-state index is 12.0. The van der Waals surface area contributed by atoms with Gasteiger partial charge in [-0.25, -0.2) is 0 Å². The lowest BCUT2D eigenvalue weighted by Gasteiger charge is -2.23. The van der Waals surface area contributed by atoms with E-state index in [0.717, 1.165) is 45.3 Å². The topological polar surface area (TPSA) is 29.5 Å². The molecule has 2 aliphatic rings. The molecule has 2 unspecified atom stereocenters. The highest BCUT2D eigenvalue weighted by atomic mass is 35.5. The predicted octanol–water partition coefficient (Wildman–Crippen LogP) is 2.18. The molecule has 0 aliphatic carbocycles. The van der Waals surface area contributed by atoms with Gasteiger partial charge in [0.1, 0.15) is 0 Å². The molecule has 2 saturated heterocycles. The maximum atomic E-state index is 12.0. The Kier molecular flexibility index (Phi) is 4.47. The molecule has 2 aliphatic heterocycles. The third kappa shape index (κ3) is 2.89. The predicted molar refractivity (Wildman–Crippen MR) is 63.7 cm³/mol. The Labute approximate surface area is 102 Å². The van der Waals surface area contributed by atoms with Gasteiger partial charge in [-0.15, -0.1) is 11.6 Å². The van der Waals surface area contributed by atoms with Crippen LogP contribution in [0.25, 0.3) is 0 Å². The number of carbonyl (C=O) groups is 1. The van der Waals surface area contributed by atoms with Crippen molar-refractivity contribution >= 4 is 17.5 Å². The van der Waals surface area contributed by atoms with Crippen molar-refractivity contribution in [3.05, 3.63) is 0 Å². The van der Waals surface area contributed by atoms with E-state index < -0.39 is 0 Å². The summed E-state index contributed by atoms with van der Waals surface area (Å²) in [5.74, 6) is 0.838. The summed E-state index contributed by atoms with van der Waals surface area (Å²) in [6, 6.07) is 0.277. The van der Waals surface area contributed by atoms with Gasteiger partial charge in [-0.3, -0.25) is 4.79 Å². The zero-order chi connectivity index (χ0) is 11.4. The highest BCUT2D eigenvalue weighted by molar-refractivity contribution is 6.18. The minimum atomic E-state index is 0.263. The molecular formula is C12H20ClNO2. The second kappa shape index (κ2) is 5.87. The molecule has 0 N–H and O–H groups in total. The van der Waals surface area contributed by atoms with Gasteiger partial charge in [0.25, 0.3) is 0 Å². The Morgan fingerprint density at radius 2 is 2.25 bits per heavy atom. The smallest absolute Gasteiger partial charge is 0.222 e. The van der Waals surface area contributed by atoms with Gasteiger partial charge in [0.2, 0.25) is 5.91 Å². The van der Waals surface area contributed by atoms with Crippen molar-refractivity contribution in [1.29, 1.82) is 0 Å². The first kappa shape index (κ1) is 12.2. The van der Waals surface area contributed by atoms with Gasteiger partial charge in [-0.05, 0) is 32.1 Å². The molecule has 1 amide bonds. The minimum Gasteiger partial charge on any atom is -0.378 e. The van der Waals surface area contributed by atoms with Crippen LogP contribution < -0.4 is 0 Å². The number of carbonyl (C=O) groups excluding carboxylic acids is 1. The first-order valence-corrected chi connectivity index (χ1v) is 6.81. The van der Waals surface area contributed by atoms with E-state index in [9.17, 15) is 4.79 Å². The fourth-order valence-corrected chi connectivity index (χ4v) is 2.95. The summed E-state index contributed by atoms with van der Waals surface area (Å²) in [6.45, 7) is 1.76. The first-order chi connectivity index (χ1) is 7.81. The van der Waals surface area contributed by atoms with Crippen molar-refractivity contribution in [2.24, 2.45) is 0 Å². The van der Waals surface area contributed by atoms with Crippen LogP contribution in [-0.4, -0.2) is 42.0 Å². The van der Waals surface area contributed by atoms with Crippen molar-refractivity contribution < 1.29 is 9.53 Å². The van der Waals surface area contributed by atoms with E-state index in [0.29, 0.717) is 18.4 Å². The average Bonchev–Trinajstić information content (AvgIpc) is 2.96. The van der Waals surface area contributed by atoms with Gasteiger partial charge >= 0.3 is 0 Å². The number of nitrogens with zero attached hydrogens (tertiary/aromatic N) is 1. The zero-order valence-electron chi connectivity index (χ0n) is 9.66. The Bertz CT molecular complexity index is 241. The van der Waals surface area contributed by atoms with Gasteiger partial charge in [-0.2, -0.15) is 0 Å². The number of hydrogen-bond acceptors (Lipinski definition) is 2. The maximum Gasteiger partial charge on any atom is 0.222 e.